The van der Waals surface area contributed by atoms with Gasteiger partial charge in [-0.2, -0.15) is 5.10 Å². The molecule has 4 nitrogen and oxygen atoms in total. The van der Waals surface area contributed by atoms with Crippen molar-refractivity contribution in [2.75, 3.05) is 12.4 Å². The molecule has 5 heteroatoms. The molecule has 0 aliphatic carbocycles. The lowest BCUT2D eigenvalue weighted by atomic mass is 10.0. The summed E-state index contributed by atoms with van der Waals surface area (Å²) in [5, 5.41) is 16.7. The maximum Gasteiger partial charge on any atom is 0.0640 e. The molecule has 0 saturated heterocycles. The molecule has 3 rings (SSSR count). The van der Waals surface area contributed by atoms with Crippen LogP contribution in [-0.4, -0.2) is 27.2 Å². The number of hydrogen-bond donors (Lipinski definition) is 2. The third-order valence-electron chi connectivity index (χ3n) is 3.53. The third-order valence-corrected chi connectivity index (χ3v) is 4.65. The van der Waals surface area contributed by atoms with Crippen LogP contribution < -0.4 is 5.32 Å². The Kier molecular flexibility index (Phi) is 4.40. The highest BCUT2D eigenvalue weighted by Gasteiger charge is 2.19. The molecule has 1 aliphatic rings. The Morgan fingerprint density at radius 1 is 1.40 bits per heavy atom. The van der Waals surface area contributed by atoms with Crippen LogP contribution in [-0.2, 0) is 13.1 Å². The van der Waals surface area contributed by atoms with Crippen molar-refractivity contribution in [3.8, 4) is 0 Å². The van der Waals surface area contributed by atoms with Crippen LogP contribution in [0.15, 0.2) is 41.6 Å². The SMILES string of the molecule is OCCn1cc(CNC2CCSc3ccccc32)cn1. The lowest BCUT2D eigenvalue weighted by Crippen LogP contribution is -2.24. The molecule has 2 aromatic rings. The predicted molar refractivity (Wildman–Crippen MR) is 80.7 cm³/mol. The number of benzene rings is 1. The average molecular weight is 289 g/mol. The Bertz CT molecular complexity index is 570. The molecule has 2 N–H and O–H groups in total. The van der Waals surface area contributed by atoms with Gasteiger partial charge >= 0.3 is 0 Å². The molecule has 0 amide bonds. The lowest BCUT2D eigenvalue weighted by molar-refractivity contribution is 0.269. The first-order chi connectivity index (χ1) is 9.86. The van der Waals surface area contributed by atoms with Gasteiger partial charge in [-0.25, -0.2) is 0 Å². The second kappa shape index (κ2) is 6.43. The van der Waals surface area contributed by atoms with E-state index >= 15 is 0 Å². The Hall–Kier alpha value is -1.30. The molecule has 1 aromatic heterocycles. The zero-order chi connectivity index (χ0) is 13.8. The van der Waals surface area contributed by atoms with Crippen LogP contribution in [0, 0.1) is 0 Å². The molecule has 0 fully saturated rings. The number of aliphatic hydroxyl groups is 1. The first kappa shape index (κ1) is 13.7. The molecule has 1 aliphatic heterocycles. The van der Waals surface area contributed by atoms with E-state index in [0.717, 1.165) is 18.5 Å². The molecule has 2 heterocycles. The predicted octanol–water partition coefficient (Wildman–Crippen LogP) is 2.20. The van der Waals surface area contributed by atoms with Gasteiger partial charge in [0.2, 0.25) is 0 Å². The van der Waals surface area contributed by atoms with Crippen molar-refractivity contribution in [3.63, 3.8) is 0 Å². The molecule has 0 bridgehead atoms. The molecular formula is C15H19N3OS. The Morgan fingerprint density at radius 3 is 3.20 bits per heavy atom. The molecule has 20 heavy (non-hydrogen) atoms. The molecule has 1 aromatic carbocycles. The van der Waals surface area contributed by atoms with E-state index in [4.69, 9.17) is 5.11 Å². The number of nitrogens with zero attached hydrogens (tertiary/aromatic N) is 2. The molecule has 106 valence electrons. The second-order valence-electron chi connectivity index (χ2n) is 4.94. The minimum Gasteiger partial charge on any atom is -0.394 e. The third kappa shape index (κ3) is 3.06. The Morgan fingerprint density at radius 2 is 2.30 bits per heavy atom. The zero-order valence-corrected chi connectivity index (χ0v) is 12.1. The quantitative estimate of drug-likeness (QED) is 0.886. The highest BCUT2D eigenvalue weighted by molar-refractivity contribution is 7.99. The smallest absolute Gasteiger partial charge is 0.0640 e. The highest BCUT2D eigenvalue weighted by Crippen LogP contribution is 2.35. The molecule has 0 spiro atoms. The van der Waals surface area contributed by atoms with Crippen molar-refractivity contribution in [2.24, 2.45) is 0 Å². The fraction of sp³-hybridized carbons (Fsp3) is 0.400. The summed E-state index contributed by atoms with van der Waals surface area (Å²) in [6.45, 7) is 1.50. The van der Waals surface area contributed by atoms with E-state index in [0.29, 0.717) is 12.6 Å². The number of hydrogen-bond acceptors (Lipinski definition) is 4. The monoisotopic (exact) mass is 289 g/mol. The summed E-state index contributed by atoms with van der Waals surface area (Å²) in [7, 11) is 0. The van der Waals surface area contributed by atoms with Crippen molar-refractivity contribution in [1.29, 1.82) is 0 Å². The van der Waals surface area contributed by atoms with Crippen molar-refractivity contribution in [1.82, 2.24) is 15.1 Å². The molecular weight excluding hydrogens is 270 g/mol. The molecule has 0 saturated carbocycles. The van der Waals surface area contributed by atoms with E-state index in [1.54, 1.807) is 4.68 Å². The van der Waals surface area contributed by atoms with Crippen LogP contribution in [0.25, 0.3) is 0 Å². The lowest BCUT2D eigenvalue weighted by Gasteiger charge is -2.25. The van der Waals surface area contributed by atoms with Crippen molar-refractivity contribution >= 4 is 11.8 Å². The Balaban J connectivity index is 1.64. The van der Waals surface area contributed by atoms with Gasteiger partial charge in [-0.05, 0) is 23.8 Å². The molecule has 1 unspecified atom stereocenters. The van der Waals surface area contributed by atoms with Crippen LogP contribution in [0.3, 0.4) is 0 Å². The number of aliphatic hydroxyl groups excluding tert-OH is 1. The zero-order valence-electron chi connectivity index (χ0n) is 11.3. The largest absolute Gasteiger partial charge is 0.394 e. The minimum atomic E-state index is 0.127. The summed E-state index contributed by atoms with van der Waals surface area (Å²) in [6.07, 6.45) is 5.02. The van der Waals surface area contributed by atoms with E-state index in [9.17, 15) is 0 Å². The van der Waals surface area contributed by atoms with Gasteiger partial charge in [-0.15, -0.1) is 11.8 Å². The summed E-state index contributed by atoms with van der Waals surface area (Å²) in [5.41, 5.74) is 2.57. The maximum absolute atomic E-state index is 8.89. The Labute approximate surface area is 123 Å². The fourth-order valence-corrected chi connectivity index (χ4v) is 3.64. The van der Waals surface area contributed by atoms with Crippen LogP contribution in [0.2, 0.25) is 0 Å². The van der Waals surface area contributed by atoms with Crippen molar-refractivity contribution in [2.45, 2.75) is 30.4 Å². The number of thioether (sulfide) groups is 1. The summed E-state index contributed by atoms with van der Waals surface area (Å²) in [5.74, 6) is 1.17. The van der Waals surface area contributed by atoms with Crippen molar-refractivity contribution in [3.05, 3.63) is 47.8 Å². The topological polar surface area (TPSA) is 50.1 Å². The standard InChI is InChI=1S/C15H19N3OS/c19-7-6-18-11-12(10-17-18)9-16-14-5-8-20-15-4-2-1-3-13(14)15/h1-4,10-11,14,16,19H,5-9H2. The van der Waals surface area contributed by atoms with Crippen molar-refractivity contribution < 1.29 is 5.11 Å². The van der Waals surface area contributed by atoms with Gasteiger partial charge in [0, 0.05) is 29.2 Å². The minimum absolute atomic E-state index is 0.127. The van der Waals surface area contributed by atoms with Gasteiger partial charge in [0.1, 0.15) is 0 Å². The fourth-order valence-electron chi connectivity index (χ4n) is 2.52. The first-order valence-corrected chi connectivity index (χ1v) is 7.92. The van der Waals surface area contributed by atoms with Gasteiger partial charge < -0.3 is 10.4 Å². The van der Waals surface area contributed by atoms with E-state index in [2.05, 4.69) is 34.7 Å². The number of rotatable bonds is 5. The summed E-state index contributed by atoms with van der Waals surface area (Å²) >= 11 is 1.94. The highest BCUT2D eigenvalue weighted by atomic mass is 32.2. The van der Waals surface area contributed by atoms with Gasteiger partial charge in [0.25, 0.3) is 0 Å². The van der Waals surface area contributed by atoms with Crippen LogP contribution in [0.5, 0.6) is 0 Å². The maximum atomic E-state index is 8.89. The van der Waals surface area contributed by atoms with E-state index in [1.807, 2.05) is 24.2 Å². The van der Waals surface area contributed by atoms with E-state index in [1.165, 1.54) is 16.2 Å². The van der Waals surface area contributed by atoms with E-state index < -0.39 is 0 Å². The van der Waals surface area contributed by atoms with Crippen LogP contribution >= 0.6 is 11.8 Å². The summed E-state index contributed by atoms with van der Waals surface area (Å²) < 4.78 is 1.78. The number of nitrogens with one attached hydrogen (secondary N) is 1. The first-order valence-electron chi connectivity index (χ1n) is 6.94. The molecule has 1 atom stereocenters. The average Bonchev–Trinajstić information content (AvgIpc) is 2.93. The second-order valence-corrected chi connectivity index (χ2v) is 6.08. The number of aromatic nitrogens is 2. The van der Waals surface area contributed by atoms with Gasteiger partial charge in [0.15, 0.2) is 0 Å². The van der Waals surface area contributed by atoms with Gasteiger partial charge in [-0.1, -0.05) is 18.2 Å². The normalized spacial score (nSPS) is 17.9. The number of fused-ring (bicyclic) bond motifs is 1. The van der Waals surface area contributed by atoms with Crippen LogP contribution in [0.1, 0.15) is 23.6 Å². The van der Waals surface area contributed by atoms with Gasteiger partial charge in [0.05, 0.1) is 19.3 Å². The summed E-state index contributed by atoms with van der Waals surface area (Å²) in [4.78, 5) is 1.40. The van der Waals surface area contributed by atoms with E-state index in [-0.39, 0.29) is 6.61 Å². The summed E-state index contributed by atoms with van der Waals surface area (Å²) in [6, 6.07) is 9.06. The van der Waals surface area contributed by atoms with Gasteiger partial charge in [-0.3, -0.25) is 4.68 Å². The molecule has 0 radical (unpaired) electrons. The van der Waals surface area contributed by atoms with Crippen LogP contribution in [0.4, 0.5) is 0 Å².